The van der Waals surface area contributed by atoms with Gasteiger partial charge in [-0.15, -0.1) is 0 Å². The highest BCUT2D eigenvalue weighted by Gasteiger charge is 2.41. The molecule has 5 nitrogen and oxygen atoms in total. The minimum Gasteiger partial charge on any atom is -0.444 e. The quantitative estimate of drug-likeness (QED) is 0.784. The molecule has 0 radical (unpaired) electrons. The molecule has 16 heavy (non-hydrogen) atoms. The SMILES string of the molecule is COCCC1C(N)CN1C(=O)OC(C)(C)C. The maximum Gasteiger partial charge on any atom is 0.410 e. The number of rotatable bonds is 3. The number of ether oxygens (including phenoxy) is 2. The smallest absolute Gasteiger partial charge is 0.410 e. The van der Waals surface area contributed by atoms with Crippen molar-refractivity contribution in [2.75, 3.05) is 20.3 Å². The Morgan fingerprint density at radius 2 is 2.12 bits per heavy atom. The molecule has 2 atom stereocenters. The van der Waals surface area contributed by atoms with Crippen molar-refractivity contribution in [2.45, 2.75) is 44.9 Å². The van der Waals surface area contributed by atoms with Crippen molar-refractivity contribution in [1.82, 2.24) is 4.90 Å². The van der Waals surface area contributed by atoms with Crippen molar-refractivity contribution in [3.63, 3.8) is 0 Å². The maximum atomic E-state index is 11.8. The van der Waals surface area contributed by atoms with Gasteiger partial charge in [-0.2, -0.15) is 0 Å². The number of carbonyl (C=O) groups is 1. The van der Waals surface area contributed by atoms with Crippen LogP contribution in [-0.4, -0.2) is 48.9 Å². The van der Waals surface area contributed by atoms with Gasteiger partial charge in [-0.1, -0.05) is 0 Å². The molecule has 1 aliphatic rings. The normalized spacial score (nSPS) is 25.2. The average molecular weight is 230 g/mol. The van der Waals surface area contributed by atoms with Crippen LogP contribution in [0.25, 0.3) is 0 Å². The molecule has 0 bridgehead atoms. The second kappa shape index (κ2) is 5.01. The first-order chi connectivity index (χ1) is 7.35. The number of nitrogens with two attached hydrogens (primary N) is 1. The molecule has 2 unspecified atom stereocenters. The van der Waals surface area contributed by atoms with Crippen molar-refractivity contribution < 1.29 is 14.3 Å². The zero-order valence-corrected chi connectivity index (χ0v) is 10.5. The highest BCUT2D eigenvalue weighted by atomic mass is 16.6. The first-order valence-corrected chi connectivity index (χ1v) is 5.59. The molecule has 1 aliphatic heterocycles. The second-order valence-corrected chi connectivity index (χ2v) is 5.15. The van der Waals surface area contributed by atoms with Gasteiger partial charge < -0.3 is 20.1 Å². The van der Waals surface area contributed by atoms with Crippen molar-refractivity contribution in [2.24, 2.45) is 5.73 Å². The van der Waals surface area contributed by atoms with Crippen LogP contribution >= 0.6 is 0 Å². The molecule has 1 amide bonds. The topological polar surface area (TPSA) is 64.8 Å². The molecular weight excluding hydrogens is 208 g/mol. The van der Waals surface area contributed by atoms with E-state index in [9.17, 15) is 4.79 Å². The predicted octanol–water partition coefficient (Wildman–Crippen LogP) is 0.969. The molecule has 0 aromatic heterocycles. The first-order valence-electron chi connectivity index (χ1n) is 5.59. The highest BCUT2D eigenvalue weighted by Crippen LogP contribution is 2.22. The molecule has 0 aromatic carbocycles. The lowest BCUT2D eigenvalue weighted by molar-refractivity contribution is -0.0188. The van der Waals surface area contributed by atoms with E-state index >= 15 is 0 Å². The molecule has 0 aliphatic carbocycles. The maximum absolute atomic E-state index is 11.8. The van der Waals surface area contributed by atoms with Crippen LogP contribution in [0.1, 0.15) is 27.2 Å². The molecule has 0 spiro atoms. The average Bonchev–Trinajstić information content (AvgIpc) is 2.11. The van der Waals surface area contributed by atoms with E-state index in [0.717, 1.165) is 6.42 Å². The standard InChI is InChI=1S/C11H22N2O3/c1-11(2,3)16-10(14)13-7-8(12)9(13)5-6-15-4/h8-9H,5-7,12H2,1-4H3. The van der Waals surface area contributed by atoms with Crippen LogP contribution in [0.5, 0.6) is 0 Å². The zero-order chi connectivity index (χ0) is 12.3. The number of methoxy groups -OCH3 is 1. The lowest BCUT2D eigenvalue weighted by atomic mass is 9.95. The Kier molecular flexibility index (Phi) is 4.15. The predicted molar refractivity (Wildman–Crippen MR) is 61.2 cm³/mol. The van der Waals surface area contributed by atoms with E-state index in [1.54, 1.807) is 12.0 Å². The summed E-state index contributed by atoms with van der Waals surface area (Å²) in [5, 5.41) is 0. The van der Waals surface area contributed by atoms with Crippen molar-refractivity contribution >= 4 is 6.09 Å². The Labute approximate surface area is 96.9 Å². The fraction of sp³-hybridized carbons (Fsp3) is 0.909. The fourth-order valence-corrected chi connectivity index (χ4v) is 1.72. The Balaban J connectivity index is 2.45. The number of carbonyl (C=O) groups excluding carboxylic acids is 1. The number of hydrogen-bond acceptors (Lipinski definition) is 4. The van der Waals surface area contributed by atoms with Crippen LogP contribution in [0.3, 0.4) is 0 Å². The highest BCUT2D eigenvalue weighted by molar-refractivity contribution is 5.70. The summed E-state index contributed by atoms with van der Waals surface area (Å²) in [5.74, 6) is 0. The number of hydrogen-bond donors (Lipinski definition) is 1. The minimum absolute atomic E-state index is 0.0441. The monoisotopic (exact) mass is 230 g/mol. The Morgan fingerprint density at radius 3 is 2.56 bits per heavy atom. The molecule has 1 rings (SSSR count). The lowest BCUT2D eigenvalue weighted by Gasteiger charge is -2.46. The van der Waals surface area contributed by atoms with Crippen molar-refractivity contribution in [3.8, 4) is 0 Å². The molecule has 0 aromatic rings. The van der Waals surface area contributed by atoms with Crippen molar-refractivity contribution in [3.05, 3.63) is 0 Å². The molecule has 1 heterocycles. The first kappa shape index (κ1) is 13.3. The summed E-state index contributed by atoms with van der Waals surface area (Å²) in [5.41, 5.74) is 5.39. The van der Waals surface area contributed by atoms with Gasteiger partial charge in [-0.3, -0.25) is 0 Å². The summed E-state index contributed by atoms with van der Waals surface area (Å²) in [7, 11) is 1.64. The van der Waals surface area contributed by atoms with Gasteiger partial charge in [0.25, 0.3) is 0 Å². The zero-order valence-electron chi connectivity index (χ0n) is 10.5. The van der Waals surface area contributed by atoms with Crippen LogP contribution in [0.2, 0.25) is 0 Å². The summed E-state index contributed by atoms with van der Waals surface area (Å²) >= 11 is 0. The number of amides is 1. The molecule has 0 saturated carbocycles. The van der Waals surface area contributed by atoms with Gasteiger partial charge in [-0.25, -0.2) is 4.79 Å². The molecular formula is C11H22N2O3. The summed E-state index contributed by atoms with van der Waals surface area (Å²) < 4.78 is 10.3. The summed E-state index contributed by atoms with van der Waals surface area (Å²) in [6, 6.07) is 0.0949. The van der Waals surface area contributed by atoms with Crippen LogP contribution in [0.4, 0.5) is 4.79 Å². The summed E-state index contributed by atoms with van der Waals surface area (Å²) in [6.07, 6.45) is 0.479. The third kappa shape index (κ3) is 3.35. The van der Waals surface area contributed by atoms with E-state index in [4.69, 9.17) is 15.2 Å². The second-order valence-electron chi connectivity index (χ2n) is 5.15. The molecule has 1 saturated heterocycles. The molecule has 5 heteroatoms. The van der Waals surface area contributed by atoms with Gasteiger partial charge in [0.2, 0.25) is 0 Å². The fourth-order valence-electron chi connectivity index (χ4n) is 1.72. The van der Waals surface area contributed by atoms with Gasteiger partial charge >= 0.3 is 6.09 Å². The van der Waals surface area contributed by atoms with E-state index in [2.05, 4.69) is 0 Å². The number of likely N-dealkylation sites (tertiary alicyclic amines) is 1. The van der Waals surface area contributed by atoms with Crippen LogP contribution in [0.15, 0.2) is 0 Å². The van der Waals surface area contributed by atoms with E-state index in [1.807, 2.05) is 20.8 Å². The van der Waals surface area contributed by atoms with E-state index in [-0.39, 0.29) is 18.2 Å². The van der Waals surface area contributed by atoms with E-state index in [0.29, 0.717) is 13.2 Å². The van der Waals surface area contributed by atoms with Crippen molar-refractivity contribution in [1.29, 1.82) is 0 Å². The third-order valence-electron chi connectivity index (χ3n) is 2.55. The summed E-state index contributed by atoms with van der Waals surface area (Å²) in [4.78, 5) is 13.4. The lowest BCUT2D eigenvalue weighted by Crippen LogP contribution is -2.66. The van der Waals surface area contributed by atoms with Gasteiger partial charge in [0, 0.05) is 26.3 Å². The summed E-state index contributed by atoms with van der Waals surface area (Å²) in [6.45, 7) is 6.75. The van der Waals surface area contributed by atoms with Gasteiger partial charge in [0.15, 0.2) is 0 Å². The largest absolute Gasteiger partial charge is 0.444 e. The molecule has 1 fully saturated rings. The number of nitrogens with zero attached hydrogens (tertiary/aromatic N) is 1. The van der Waals surface area contributed by atoms with Crippen LogP contribution in [0, 0.1) is 0 Å². The molecule has 2 N–H and O–H groups in total. The third-order valence-corrected chi connectivity index (χ3v) is 2.55. The minimum atomic E-state index is -0.456. The Morgan fingerprint density at radius 1 is 1.50 bits per heavy atom. The van der Waals surface area contributed by atoms with E-state index < -0.39 is 5.60 Å². The van der Waals surface area contributed by atoms with E-state index in [1.165, 1.54) is 0 Å². The van der Waals surface area contributed by atoms with Gasteiger partial charge in [0.05, 0.1) is 6.04 Å². The van der Waals surface area contributed by atoms with Gasteiger partial charge in [-0.05, 0) is 27.2 Å². The Bertz CT molecular complexity index is 250. The Hall–Kier alpha value is -0.810. The van der Waals surface area contributed by atoms with Crippen LogP contribution in [-0.2, 0) is 9.47 Å². The van der Waals surface area contributed by atoms with Gasteiger partial charge in [0.1, 0.15) is 5.60 Å². The molecule has 94 valence electrons. The van der Waals surface area contributed by atoms with Crippen LogP contribution < -0.4 is 5.73 Å².